The SMILES string of the molecule is CC(C)=C1C(c2ccccc2)=NC(c2ccc(Cl)cc2)=Nc2ccc(Cl)cc21. The first-order valence-corrected chi connectivity index (χ1v) is 9.75. The molecule has 138 valence electrons. The van der Waals surface area contributed by atoms with E-state index in [1.165, 1.54) is 0 Å². The zero-order valence-electron chi connectivity index (χ0n) is 15.6. The molecule has 4 rings (SSSR count). The van der Waals surface area contributed by atoms with E-state index < -0.39 is 0 Å². The minimum atomic E-state index is 0.648. The predicted octanol–water partition coefficient (Wildman–Crippen LogP) is 7.37. The Morgan fingerprint density at radius 2 is 1.39 bits per heavy atom. The molecule has 0 spiro atoms. The van der Waals surface area contributed by atoms with Crippen LogP contribution in [0, 0.1) is 0 Å². The molecular formula is C24H18Cl2N2. The number of nitrogens with zero attached hydrogens (tertiary/aromatic N) is 2. The number of hydrogen-bond acceptors (Lipinski definition) is 2. The van der Waals surface area contributed by atoms with Gasteiger partial charge in [0.1, 0.15) is 0 Å². The lowest BCUT2D eigenvalue weighted by Gasteiger charge is -2.14. The molecule has 0 saturated carbocycles. The van der Waals surface area contributed by atoms with Crippen LogP contribution in [0.4, 0.5) is 5.69 Å². The van der Waals surface area contributed by atoms with Crippen LogP contribution in [0.5, 0.6) is 0 Å². The molecule has 1 aliphatic rings. The molecule has 3 aromatic rings. The number of aliphatic imine (C=N–C) groups is 2. The van der Waals surface area contributed by atoms with Crippen LogP contribution in [-0.2, 0) is 0 Å². The number of allylic oxidation sites excluding steroid dienone is 2. The fourth-order valence-electron chi connectivity index (χ4n) is 3.27. The maximum Gasteiger partial charge on any atom is 0.160 e. The zero-order valence-corrected chi connectivity index (χ0v) is 17.1. The van der Waals surface area contributed by atoms with Crippen molar-refractivity contribution in [2.24, 2.45) is 9.98 Å². The average molecular weight is 405 g/mol. The molecule has 0 fully saturated rings. The second-order valence-corrected chi connectivity index (χ2v) is 7.68. The summed E-state index contributed by atoms with van der Waals surface area (Å²) in [7, 11) is 0. The van der Waals surface area contributed by atoms with Gasteiger partial charge in [-0.3, -0.25) is 0 Å². The van der Waals surface area contributed by atoms with Crippen LogP contribution in [0.2, 0.25) is 10.0 Å². The highest BCUT2D eigenvalue weighted by Crippen LogP contribution is 2.36. The molecule has 1 heterocycles. The molecule has 0 saturated heterocycles. The Labute approximate surface area is 174 Å². The maximum atomic E-state index is 6.34. The lowest BCUT2D eigenvalue weighted by Crippen LogP contribution is -2.08. The van der Waals surface area contributed by atoms with Gasteiger partial charge < -0.3 is 0 Å². The van der Waals surface area contributed by atoms with E-state index in [0.717, 1.165) is 39.2 Å². The highest BCUT2D eigenvalue weighted by Gasteiger charge is 2.22. The lowest BCUT2D eigenvalue weighted by atomic mass is 9.91. The van der Waals surface area contributed by atoms with Crippen LogP contribution >= 0.6 is 23.2 Å². The summed E-state index contributed by atoms with van der Waals surface area (Å²) in [4.78, 5) is 9.90. The van der Waals surface area contributed by atoms with Crippen molar-refractivity contribution >= 4 is 46.0 Å². The molecule has 4 heteroatoms. The minimum Gasteiger partial charge on any atom is -0.228 e. The van der Waals surface area contributed by atoms with Crippen LogP contribution in [0.1, 0.15) is 30.5 Å². The van der Waals surface area contributed by atoms with Crippen LogP contribution in [-0.4, -0.2) is 11.5 Å². The molecule has 0 atom stereocenters. The molecule has 0 amide bonds. The van der Waals surface area contributed by atoms with Gasteiger partial charge in [-0.15, -0.1) is 0 Å². The third kappa shape index (κ3) is 3.66. The van der Waals surface area contributed by atoms with Crippen molar-refractivity contribution in [1.82, 2.24) is 0 Å². The molecule has 0 N–H and O–H groups in total. The highest BCUT2D eigenvalue weighted by atomic mass is 35.5. The number of fused-ring (bicyclic) bond motifs is 1. The van der Waals surface area contributed by atoms with E-state index in [4.69, 9.17) is 33.2 Å². The van der Waals surface area contributed by atoms with Gasteiger partial charge >= 0.3 is 0 Å². The lowest BCUT2D eigenvalue weighted by molar-refractivity contribution is 1.39. The first-order valence-electron chi connectivity index (χ1n) is 8.99. The summed E-state index contributed by atoms with van der Waals surface area (Å²) in [5.41, 5.74) is 6.87. The van der Waals surface area contributed by atoms with E-state index >= 15 is 0 Å². The highest BCUT2D eigenvalue weighted by molar-refractivity contribution is 6.38. The first kappa shape index (κ1) is 18.7. The summed E-state index contributed by atoms with van der Waals surface area (Å²) < 4.78 is 0. The molecule has 0 aliphatic carbocycles. The molecule has 28 heavy (non-hydrogen) atoms. The van der Waals surface area contributed by atoms with Gasteiger partial charge in [0, 0.05) is 32.3 Å². The smallest absolute Gasteiger partial charge is 0.160 e. The molecule has 2 nitrogen and oxygen atoms in total. The molecule has 3 aromatic carbocycles. The monoisotopic (exact) mass is 404 g/mol. The number of hydrogen-bond donors (Lipinski definition) is 0. The third-order valence-corrected chi connectivity index (χ3v) is 5.05. The topological polar surface area (TPSA) is 24.7 Å². The fraction of sp³-hybridized carbons (Fsp3) is 0.0833. The van der Waals surface area contributed by atoms with Crippen LogP contribution < -0.4 is 0 Å². The molecule has 0 aromatic heterocycles. The van der Waals surface area contributed by atoms with Gasteiger partial charge in [-0.1, -0.05) is 59.1 Å². The van der Waals surface area contributed by atoms with Crippen molar-refractivity contribution in [2.75, 3.05) is 0 Å². The van der Waals surface area contributed by atoms with E-state index in [-0.39, 0.29) is 0 Å². The first-order chi connectivity index (χ1) is 13.5. The van der Waals surface area contributed by atoms with E-state index in [9.17, 15) is 0 Å². The fourth-order valence-corrected chi connectivity index (χ4v) is 3.57. The Morgan fingerprint density at radius 1 is 0.714 bits per heavy atom. The van der Waals surface area contributed by atoms with Gasteiger partial charge in [0.25, 0.3) is 0 Å². The maximum absolute atomic E-state index is 6.34. The number of rotatable bonds is 2. The molecule has 0 radical (unpaired) electrons. The van der Waals surface area contributed by atoms with E-state index in [1.807, 2.05) is 60.7 Å². The van der Waals surface area contributed by atoms with Gasteiger partial charge in [-0.2, -0.15) is 0 Å². The van der Waals surface area contributed by atoms with Crippen molar-refractivity contribution in [3.63, 3.8) is 0 Å². The molecule has 1 aliphatic heterocycles. The standard InChI is InChI=1S/C24H18Cl2N2/c1-15(2)22-20-14-19(26)12-13-21(20)27-24(17-8-10-18(25)11-9-17)28-23(22)16-6-4-3-5-7-16/h3-14H,1-2H3. The number of halogens is 2. The van der Waals surface area contributed by atoms with Crippen LogP contribution in [0.25, 0.3) is 5.57 Å². The van der Waals surface area contributed by atoms with Gasteiger partial charge in [0.15, 0.2) is 5.84 Å². The minimum absolute atomic E-state index is 0.648. The van der Waals surface area contributed by atoms with Gasteiger partial charge in [0.2, 0.25) is 0 Å². The molecule has 0 bridgehead atoms. The summed E-state index contributed by atoms with van der Waals surface area (Å²) >= 11 is 12.4. The van der Waals surface area contributed by atoms with Crippen molar-refractivity contribution in [3.05, 3.63) is 105 Å². The Hall–Kier alpha value is -2.68. The summed E-state index contributed by atoms with van der Waals surface area (Å²) in [5, 5.41) is 1.36. The quantitative estimate of drug-likeness (QED) is 0.425. The molecule has 0 unspecified atom stereocenters. The Balaban J connectivity index is 2.04. The Morgan fingerprint density at radius 3 is 2.07 bits per heavy atom. The van der Waals surface area contributed by atoms with E-state index in [2.05, 4.69) is 26.0 Å². The van der Waals surface area contributed by atoms with Gasteiger partial charge in [-0.05, 0) is 56.3 Å². The summed E-state index contributed by atoms with van der Waals surface area (Å²) in [6, 6.07) is 23.5. The number of benzene rings is 3. The second kappa shape index (κ2) is 7.75. The zero-order chi connectivity index (χ0) is 19.7. The summed E-state index contributed by atoms with van der Waals surface area (Å²) in [5.74, 6) is 0.648. The van der Waals surface area contributed by atoms with Crippen molar-refractivity contribution < 1.29 is 0 Å². The van der Waals surface area contributed by atoms with Crippen LogP contribution in [0.15, 0.2) is 88.4 Å². The van der Waals surface area contributed by atoms with Gasteiger partial charge in [0.05, 0.1) is 11.4 Å². The number of amidine groups is 1. The largest absolute Gasteiger partial charge is 0.228 e. The van der Waals surface area contributed by atoms with Crippen molar-refractivity contribution in [2.45, 2.75) is 13.8 Å². The van der Waals surface area contributed by atoms with Crippen LogP contribution in [0.3, 0.4) is 0 Å². The van der Waals surface area contributed by atoms with Crippen molar-refractivity contribution in [1.29, 1.82) is 0 Å². The normalized spacial score (nSPS) is 13.4. The summed E-state index contributed by atoms with van der Waals surface area (Å²) in [6.45, 7) is 4.18. The predicted molar refractivity (Wildman–Crippen MR) is 120 cm³/mol. The second-order valence-electron chi connectivity index (χ2n) is 6.81. The Bertz CT molecular complexity index is 1120. The van der Waals surface area contributed by atoms with E-state index in [0.29, 0.717) is 15.9 Å². The third-order valence-electron chi connectivity index (χ3n) is 4.56. The van der Waals surface area contributed by atoms with Gasteiger partial charge in [-0.25, -0.2) is 9.98 Å². The Kier molecular flexibility index (Phi) is 5.17. The van der Waals surface area contributed by atoms with E-state index in [1.54, 1.807) is 0 Å². The average Bonchev–Trinajstić information content (AvgIpc) is 2.86. The summed E-state index contributed by atoms with van der Waals surface area (Å²) in [6.07, 6.45) is 0. The molecular weight excluding hydrogens is 387 g/mol. The van der Waals surface area contributed by atoms with Crippen molar-refractivity contribution in [3.8, 4) is 0 Å².